The number of aromatic hydroxyl groups is 1. The number of phenols is 1. The molecule has 1 saturated heterocycles. The van der Waals surface area contributed by atoms with E-state index in [9.17, 15) is 39.0 Å². The highest BCUT2D eigenvalue weighted by Gasteiger charge is 2.55. The Morgan fingerprint density at radius 2 is 1.47 bits per heavy atom. The van der Waals surface area contributed by atoms with E-state index in [4.69, 9.17) is 5.73 Å². The quantitative estimate of drug-likeness (QED) is 0.0961. The molecule has 14 nitrogen and oxygen atoms in total. The Morgan fingerprint density at radius 3 is 2.04 bits per heavy atom. The van der Waals surface area contributed by atoms with Crippen LogP contribution >= 0.6 is 0 Å². The fourth-order valence-electron chi connectivity index (χ4n) is 10.2. The zero-order valence-electron chi connectivity index (χ0n) is 34.3. The van der Waals surface area contributed by atoms with Crippen LogP contribution in [-0.2, 0) is 35.2 Å². The van der Waals surface area contributed by atoms with Crippen molar-refractivity contribution in [3.05, 3.63) is 29.8 Å². The highest BCUT2D eigenvalue weighted by atomic mass is 16.4. The lowest BCUT2D eigenvalue weighted by molar-refractivity contribution is -0.150. The molecule has 0 radical (unpaired) electrons. The molecule has 0 aromatic heterocycles. The van der Waals surface area contributed by atoms with Gasteiger partial charge < -0.3 is 42.1 Å². The maximum atomic E-state index is 14.4. The van der Waals surface area contributed by atoms with Crippen molar-refractivity contribution in [3.63, 3.8) is 0 Å². The topological polar surface area (TPSA) is 220 Å². The molecule has 57 heavy (non-hydrogen) atoms. The number of carbonyl (C=O) groups is 6. The van der Waals surface area contributed by atoms with Crippen molar-refractivity contribution >= 4 is 35.5 Å². The van der Waals surface area contributed by atoms with Gasteiger partial charge in [0.2, 0.25) is 29.5 Å². The van der Waals surface area contributed by atoms with Gasteiger partial charge in [0.15, 0.2) is 0 Å². The van der Waals surface area contributed by atoms with Crippen LogP contribution in [0.5, 0.6) is 5.75 Å². The number of amides is 5. The SMILES string of the molecule is CC[C@H](C)[C@H](NC(=O)[C@H](Cc1ccc(O)cc1)NC(=O)[C@@H]1CCCN1C(=O)[C@H](CCCCN)NC(=O)C12CC3CC(CC(C3)C1)C2)C(=O)N[C@@H](CC(C)C)C(=O)O. The molecule has 1 aromatic rings. The van der Waals surface area contributed by atoms with E-state index in [0.29, 0.717) is 74.9 Å². The summed E-state index contributed by atoms with van der Waals surface area (Å²) in [7, 11) is 0. The Balaban J connectivity index is 1.33. The van der Waals surface area contributed by atoms with Crippen molar-refractivity contribution < 1.29 is 39.0 Å². The first-order valence-corrected chi connectivity index (χ1v) is 21.4. The Hall–Kier alpha value is -4.20. The lowest BCUT2D eigenvalue weighted by Gasteiger charge is -2.55. The van der Waals surface area contributed by atoms with Crippen molar-refractivity contribution in [2.24, 2.45) is 40.7 Å². The Bertz CT molecular complexity index is 1560. The molecule has 1 aliphatic heterocycles. The van der Waals surface area contributed by atoms with Gasteiger partial charge in [0.05, 0.1) is 0 Å². The van der Waals surface area contributed by atoms with Crippen LogP contribution in [-0.4, -0.2) is 93.9 Å². The van der Waals surface area contributed by atoms with Crippen LogP contribution in [0.1, 0.15) is 117 Å². The second-order valence-corrected chi connectivity index (χ2v) is 18.0. The Labute approximate surface area is 337 Å². The van der Waals surface area contributed by atoms with Gasteiger partial charge in [0.1, 0.15) is 36.0 Å². The summed E-state index contributed by atoms with van der Waals surface area (Å²) < 4.78 is 0. The first kappa shape index (κ1) is 43.9. The fourth-order valence-corrected chi connectivity index (χ4v) is 10.2. The summed E-state index contributed by atoms with van der Waals surface area (Å²) in [6.45, 7) is 8.13. The van der Waals surface area contributed by atoms with Gasteiger partial charge in [-0.3, -0.25) is 24.0 Å². The van der Waals surface area contributed by atoms with E-state index in [0.717, 1.165) is 19.3 Å². The van der Waals surface area contributed by atoms with Crippen LogP contribution in [0.25, 0.3) is 0 Å². The molecule has 1 aromatic carbocycles. The van der Waals surface area contributed by atoms with Gasteiger partial charge in [-0.15, -0.1) is 0 Å². The van der Waals surface area contributed by atoms with E-state index in [1.165, 1.54) is 36.3 Å². The number of phenolic OH excluding ortho intramolecular Hbond substituents is 1. The minimum atomic E-state index is -1.18. The first-order valence-electron chi connectivity index (χ1n) is 21.4. The highest BCUT2D eigenvalue weighted by Crippen LogP contribution is 2.60. The third kappa shape index (κ3) is 11.1. The third-order valence-corrected chi connectivity index (χ3v) is 13.0. The molecular weight excluding hydrogens is 729 g/mol. The van der Waals surface area contributed by atoms with Gasteiger partial charge in [-0.2, -0.15) is 0 Å². The number of nitrogens with one attached hydrogen (secondary N) is 4. The van der Waals surface area contributed by atoms with Crippen LogP contribution < -0.4 is 27.0 Å². The number of nitrogens with two attached hydrogens (primary N) is 1. The van der Waals surface area contributed by atoms with Gasteiger partial charge >= 0.3 is 5.97 Å². The second kappa shape index (κ2) is 19.5. The molecule has 4 saturated carbocycles. The summed E-state index contributed by atoms with van der Waals surface area (Å²) >= 11 is 0. The average molecular weight is 795 g/mol. The molecule has 1 heterocycles. The van der Waals surface area contributed by atoms with Gasteiger partial charge in [-0.1, -0.05) is 46.2 Å². The summed E-state index contributed by atoms with van der Waals surface area (Å²) in [4.78, 5) is 84.0. The maximum Gasteiger partial charge on any atom is 0.326 e. The third-order valence-electron chi connectivity index (χ3n) is 13.0. The summed E-state index contributed by atoms with van der Waals surface area (Å²) in [6, 6.07) is 1.11. The largest absolute Gasteiger partial charge is 0.508 e. The number of aliphatic carboxylic acids is 1. The summed E-state index contributed by atoms with van der Waals surface area (Å²) in [5.41, 5.74) is 6.00. The molecule has 8 N–H and O–H groups in total. The number of benzene rings is 1. The lowest BCUT2D eigenvalue weighted by atomic mass is 9.49. The van der Waals surface area contributed by atoms with Gasteiger partial charge in [0.25, 0.3) is 0 Å². The number of nitrogens with zero attached hydrogens (tertiary/aromatic N) is 1. The number of carbonyl (C=O) groups excluding carboxylic acids is 5. The Kier molecular flexibility index (Phi) is 15.0. The molecule has 4 bridgehead atoms. The molecule has 14 heteroatoms. The minimum absolute atomic E-state index is 0.00535. The van der Waals surface area contributed by atoms with E-state index in [1.54, 1.807) is 19.1 Å². The molecule has 5 aliphatic rings. The summed E-state index contributed by atoms with van der Waals surface area (Å²) in [5, 5.41) is 31.1. The molecule has 5 amide bonds. The zero-order valence-corrected chi connectivity index (χ0v) is 34.3. The number of unbranched alkanes of at least 4 members (excludes halogenated alkanes) is 1. The smallest absolute Gasteiger partial charge is 0.326 e. The second-order valence-electron chi connectivity index (χ2n) is 18.0. The van der Waals surface area contributed by atoms with Crippen molar-refractivity contribution in [3.8, 4) is 5.75 Å². The average Bonchev–Trinajstić information content (AvgIpc) is 3.66. The predicted octanol–water partition coefficient (Wildman–Crippen LogP) is 3.39. The number of carboxylic acids is 1. The van der Waals surface area contributed by atoms with Gasteiger partial charge in [-0.05, 0) is 131 Å². The molecule has 0 unspecified atom stereocenters. The standard InChI is InChI=1S/C43H66N6O8/c1-5-26(4)36(39(53)46-34(41(55)56)17-25(2)3)48-37(51)33(21-27-11-13-31(50)14-12-27)45-38(52)35-10-8-16-49(35)40(54)32(9-6-7-15-44)47-42(57)43-22-28-18-29(23-43)20-30(19-28)24-43/h11-14,25-26,28-30,32-36,50H,5-10,15-24,44H2,1-4H3,(H,45,52)(H,46,53)(H,47,57)(H,48,51)(H,55,56)/t26-,28?,29?,30?,32-,33-,34-,35-,36-,43?/m0/s1. The molecule has 6 rings (SSSR count). The van der Waals surface area contributed by atoms with Crippen molar-refractivity contribution in [2.45, 2.75) is 148 Å². The van der Waals surface area contributed by atoms with E-state index in [2.05, 4.69) is 21.3 Å². The molecule has 6 atom stereocenters. The molecule has 5 fully saturated rings. The zero-order chi connectivity index (χ0) is 41.4. The monoisotopic (exact) mass is 794 g/mol. The van der Waals surface area contributed by atoms with Crippen LogP contribution in [0, 0.1) is 35.0 Å². The molecule has 0 spiro atoms. The summed E-state index contributed by atoms with van der Waals surface area (Å²) in [5.74, 6) is -2.00. The molecule has 316 valence electrons. The maximum absolute atomic E-state index is 14.4. The molecule has 4 aliphatic carbocycles. The number of hydrogen-bond acceptors (Lipinski definition) is 8. The summed E-state index contributed by atoms with van der Waals surface area (Å²) in [6.07, 6.45) is 9.57. The van der Waals surface area contributed by atoms with Crippen molar-refractivity contribution in [2.75, 3.05) is 13.1 Å². The number of carboxylic acid groups (broad SMARTS) is 1. The van der Waals surface area contributed by atoms with Gasteiger partial charge in [-0.25, -0.2) is 4.79 Å². The lowest BCUT2D eigenvalue weighted by Crippen LogP contribution is -2.60. The van der Waals surface area contributed by atoms with Crippen molar-refractivity contribution in [1.82, 2.24) is 26.2 Å². The van der Waals surface area contributed by atoms with Crippen LogP contribution in [0.3, 0.4) is 0 Å². The van der Waals surface area contributed by atoms with Crippen molar-refractivity contribution in [1.29, 1.82) is 0 Å². The van der Waals surface area contributed by atoms with E-state index >= 15 is 0 Å². The first-order chi connectivity index (χ1) is 27.1. The van der Waals surface area contributed by atoms with E-state index in [-0.39, 0.29) is 42.2 Å². The predicted molar refractivity (Wildman–Crippen MR) is 214 cm³/mol. The van der Waals surface area contributed by atoms with Crippen LogP contribution in [0.15, 0.2) is 24.3 Å². The van der Waals surface area contributed by atoms with E-state index in [1.807, 2.05) is 20.8 Å². The number of hydrogen-bond donors (Lipinski definition) is 7. The Morgan fingerprint density at radius 1 is 0.842 bits per heavy atom. The van der Waals surface area contributed by atoms with E-state index < -0.39 is 59.3 Å². The van der Waals surface area contributed by atoms with Gasteiger partial charge in [0, 0.05) is 18.4 Å². The number of likely N-dealkylation sites (tertiary alicyclic amines) is 1. The normalized spacial score (nSPS) is 26.2. The fraction of sp³-hybridized carbons (Fsp3) is 0.721. The molecular formula is C43H66N6O8. The highest BCUT2D eigenvalue weighted by molar-refractivity contribution is 5.97. The van der Waals surface area contributed by atoms with Crippen LogP contribution in [0.2, 0.25) is 0 Å². The van der Waals surface area contributed by atoms with Crippen LogP contribution in [0.4, 0.5) is 0 Å². The number of rotatable bonds is 20. The minimum Gasteiger partial charge on any atom is -0.508 e.